The van der Waals surface area contributed by atoms with E-state index in [4.69, 9.17) is 4.98 Å². The van der Waals surface area contributed by atoms with Crippen LogP contribution in [0, 0.1) is 0 Å². The third kappa shape index (κ3) is 3.86. The molecule has 0 unspecified atom stereocenters. The van der Waals surface area contributed by atoms with Crippen molar-refractivity contribution in [3.63, 3.8) is 0 Å². The molecule has 0 amide bonds. The van der Waals surface area contributed by atoms with Gasteiger partial charge in [-0.05, 0) is 43.7 Å². The summed E-state index contributed by atoms with van der Waals surface area (Å²) in [5, 5.41) is 0. The van der Waals surface area contributed by atoms with Gasteiger partial charge in [-0.2, -0.15) is 0 Å². The number of H-pyrrole nitrogens is 1. The molecular weight excluding hydrogens is 326 g/mol. The van der Waals surface area contributed by atoms with E-state index in [9.17, 15) is 4.79 Å². The van der Waals surface area contributed by atoms with Crippen LogP contribution in [0.3, 0.4) is 0 Å². The molecule has 6 nitrogen and oxygen atoms in total. The lowest BCUT2D eigenvalue weighted by molar-refractivity contribution is 0.196. The molecule has 0 saturated carbocycles. The molecule has 1 aliphatic heterocycles. The maximum absolute atomic E-state index is 12.2. The Morgan fingerprint density at radius 1 is 1.19 bits per heavy atom. The van der Waals surface area contributed by atoms with Crippen LogP contribution in [0.25, 0.3) is 11.4 Å². The predicted octanol–water partition coefficient (Wildman–Crippen LogP) is 2.61. The number of hydrogen-bond donors (Lipinski definition) is 1. The van der Waals surface area contributed by atoms with Crippen molar-refractivity contribution in [2.75, 3.05) is 13.1 Å². The SMILES string of the molecule is O=c1cc([C@H]2CCCN(Cc3ccccn3)C2)nc(-c2cccnc2)[nH]1. The number of aromatic amines is 1. The van der Waals surface area contributed by atoms with Crippen LogP contribution in [0.4, 0.5) is 0 Å². The molecular formula is C20H21N5O. The largest absolute Gasteiger partial charge is 0.306 e. The van der Waals surface area contributed by atoms with Gasteiger partial charge in [0.25, 0.3) is 5.56 Å². The molecule has 4 heterocycles. The molecule has 132 valence electrons. The number of rotatable bonds is 4. The number of hydrogen-bond acceptors (Lipinski definition) is 5. The summed E-state index contributed by atoms with van der Waals surface area (Å²) in [5.74, 6) is 0.840. The molecule has 0 aliphatic carbocycles. The number of piperidine rings is 1. The minimum atomic E-state index is -0.115. The predicted molar refractivity (Wildman–Crippen MR) is 99.6 cm³/mol. The van der Waals surface area contributed by atoms with E-state index in [1.807, 2.05) is 30.5 Å². The zero-order chi connectivity index (χ0) is 17.8. The van der Waals surface area contributed by atoms with Crippen molar-refractivity contribution in [3.8, 4) is 11.4 Å². The lowest BCUT2D eigenvalue weighted by atomic mass is 9.94. The number of pyridine rings is 2. The lowest BCUT2D eigenvalue weighted by Gasteiger charge is -2.32. The van der Waals surface area contributed by atoms with E-state index in [0.29, 0.717) is 5.82 Å². The molecule has 1 atom stereocenters. The normalized spacial score (nSPS) is 17.9. The van der Waals surface area contributed by atoms with Crippen LogP contribution in [-0.4, -0.2) is 37.9 Å². The van der Waals surface area contributed by atoms with Crippen molar-refractivity contribution in [3.05, 3.63) is 76.7 Å². The zero-order valence-corrected chi connectivity index (χ0v) is 14.5. The number of aromatic nitrogens is 4. The first-order valence-electron chi connectivity index (χ1n) is 8.92. The summed E-state index contributed by atoms with van der Waals surface area (Å²) in [4.78, 5) is 30.6. The summed E-state index contributed by atoms with van der Waals surface area (Å²) in [6.07, 6.45) is 7.39. The van der Waals surface area contributed by atoms with Crippen LogP contribution < -0.4 is 5.56 Å². The van der Waals surface area contributed by atoms with Gasteiger partial charge in [-0.25, -0.2) is 4.98 Å². The first-order chi connectivity index (χ1) is 12.8. The number of nitrogens with one attached hydrogen (secondary N) is 1. The molecule has 4 rings (SSSR count). The average Bonchev–Trinajstić information content (AvgIpc) is 2.69. The summed E-state index contributed by atoms with van der Waals surface area (Å²) in [7, 11) is 0. The van der Waals surface area contributed by atoms with Crippen molar-refractivity contribution in [1.29, 1.82) is 0 Å². The van der Waals surface area contributed by atoms with Crippen LogP contribution in [0.15, 0.2) is 59.8 Å². The van der Waals surface area contributed by atoms with Gasteiger partial charge in [0.05, 0.1) is 11.4 Å². The van der Waals surface area contributed by atoms with E-state index >= 15 is 0 Å². The summed E-state index contributed by atoms with van der Waals surface area (Å²) < 4.78 is 0. The molecule has 3 aromatic rings. The Morgan fingerprint density at radius 2 is 2.15 bits per heavy atom. The zero-order valence-electron chi connectivity index (χ0n) is 14.5. The highest BCUT2D eigenvalue weighted by Crippen LogP contribution is 2.26. The van der Waals surface area contributed by atoms with Gasteiger partial charge in [0.15, 0.2) is 0 Å². The molecule has 1 fully saturated rings. The Hall–Kier alpha value is -2.86. The van der Waals surface area contributed by atoms with E-state index in [-0.39, 0.29) is 11.5 Å². The van der Waals surface area contributed by atoms with Gasteiger partial charge in [0.2, 0.25) is 0 Å². The molecule has 1 saturated heterocycles. The Morgan fingerprint density at radius 3 is 2.96 bits per heavy atom. The fourth-order valence-corrected chi connectivity index (χ4v) is 3.49. The van der Waals surface area contributed by atoms with Crippen molar-refractivity contribution in [2.24, 2.45) is 0 Å². The second-order valence-corrected chi connectivity index (χ2v) is 6.66. The average molecular weight is 347 g/mol. The van der Waals surface area contributed by atoms with E-state index in [1.54, 1.807) is 18.5 Å². The Labute approximate surface area is 152 Å². The highest BCUT2D eigenvalue weighted by molar-refractivity contribution is 5.52. The molecule has 1 N–H and O–H groups in total. The molecule has 1 aliphatic rings. The van der Waals surface area contributed by atoms with Crippen molar-refractivity contribution >= 4 is 0 Å². The summed E-state index contributed by atoms with van der Waals surface area (Å²) in [5.41, 5.74) is 2.64. The molecule has 3 aromatic heterocycles. The van der Waals surface area contributed by atoms with Crippen molar-refractivity contribution < 1.29 is 0 Å². The van der Waals surface area contributed by atoms with E-state index in [2.05, 4.69) is 25.9 Å². The van der Waals surface area contributed by atoms with Gasteiger partial charge < -0.3 is 4.98 Å². The molecule has 6 heteroatoms. The van der Waals surface area contributed by atoms with Crippen LogP contribution in [-0.2, 0) is 6.54 Å². The topological polar surface area (TPSA) is 74.8 Å². The fourth-order valence-electron chi connectivity index (χ4n) is 3.49. The molecule has 0 bridgehead atoms. The van der Waals surface area contributed by atoms with Crippen LogP contribution >= 0.6 is 0 Å². The summed E-state index contributed by atoms with van der Waals surface area (Å²) in [6.45, 7) is 2.77. The molecule has 0 aromatic carbocycles. The lowest BCUT2D eigenvalue weighted by Crippen LogP contribution is -2.34. The summed E-state index contributed by atoms with van der Waals surface area (Å²) in [6, 6.07) is 11.4. The van der Waals surface area contributed by atoms with E-state index in [0.717, 1.165) is 49.4 Å². The standard InChI is InChI=1S/C20H21N5O/c26-19-11-18(23-20(24-19)15-5-3-8-21-12-15)16-6-4-10-25(13-16)14-17-7-1-2-9-22-17/h1-3,5,7-9,11-12,16H,4,6,10,13-14H2,(H,23,24,26)/t16-/m0/s1. The van der Waals surface area contributed by atoms with Crippen LogP contribution in [0.1, 0.15) is 30.1 Å². The Balaban J connectivity index is 1.55. The van der Waals surface area contributed by atoms with Crippen LogP contribution in [0.5, 0.6) is 0 Å². The highest BCUT2D eigenvalue weighted by atomic mass is 16.1. The van der Waals surface area contributed by atoms with Crippen LogP contribution in [0.2, 0.25) is 0 Å². The minimum absolute atomic E-state index is 0.115. The molecule has 0 spiro atoms. The number of nitrogens with zero attached hydrogens (tertiary/aromatic N) is 4. The van der Waals surface area contributed by atoms with Gasteiger partial charge in [-0.15, -0.1) is 0 Å². The second kappa shape index (κ2) is 7.58. The summed E-state index contributed by atoms with van der Waals surface area (Å²) >= 11 is 0. The minimum Gasteiger partial charge on any atom is -0.306 e. The maximum atomic E-state index is 12.2. The smallest absolute Gasteiger partial charge is 0.251 e. The van der Waals surface area contributed by atoms with Crippen molar-refractivity contribution in [1.82, 2.24) is 24.8 Å². The number of likely N-dealkylation sites (tertiary alicyclic amines) is 1. The van der Waals surface area contributed by atoms with Gasteiger partial charge in [-0.1, -0.05) is 6.07 Å². The molecule has 0 radical (unpaired) electrons. The quantitative estimate of drug-likeness (QED) is 0.785. The van der Waals surface area contributed by atoms with Gasteiger partial charge >= 0.3 is 0 Å². The third-order valence-corrected chi connectivity index (χ3v) is 4.73. The van der Waals surface area contributed by atoms with Crippen molar-refractivity contribution in [2.45, 2.75) is 25.3 Å². The van der Waals surface area contributed by atoms with Gasteiger partial charge in [0, 0.05) is 49.2 Å². The first kappa shape index (κ1) is 16.6. The second-order valence-electron chi connectivity index (χ2n) is 6.66. The highest BCUT2D eigenvalue weighted by Gasteiger charge is 2.23. The third-order valence-electron chi connectivity index (χ3n) is 4.73. The maximum Gasteiger partial charge on any atom is 0.251 e. The van der Waals surface area contributed by atoms with Gasteiger partial charge in [-0.3, -0.25) is 19.7 Å². The monoisotopic (exact) mass is 347 g/mol. The van der Waals surface area contributed by atoms with E-state index < -0.39 is 0 Å². The van der Waals surface area contributed by atoms with Gasteiger partial charge in [0.1, 0.15) is 5.82 Å². The Kier molecular flexibility index (Phi) is 4.84. The first-order valence-corrected chi connectivity index (χ1v) is 8.92. The Bertz CT molecular complexity index is 910. The fraction of sp³-hybridized carbons (Fsp3) is 0.300. The molecule has 26 heavy (non-hydrogen) atoms. The van der Waals surface area contributed by atoms with E-state index in [1.165, 1.54) is 0 Å².